The first-order valence-electron chi connectivity index (χ1n) is 5.70. The third kappa shape index (κ3) is 2.82. The van der Waals surface area contributed by atoms with Crippen LogP contribution in [-0.2, 0) is 0 Å². The zero-order chi connectivity index (χ0) is 10.4. The van der Waals surface area contributed by atoms with Gasteiger partial charge in [-0.2, -0.15) is 5.10 Å². The third-order valence-electron chi connectivity index (χ3n) is 2.80. The van der Waals surface area contributed by atoms with Gasteiger partial charge in [0.2, 0.25) is 0 Å². The molecule has 80 valence electrons. The fraction of sp³-hybridized carbons (Fsp3) is 0.818. The molecule has 0 atom stereocenters. The Labute approximate surface area is 86.5 Å². The van der Waals surface area contributed by atoms with Crippen LogP contribution in [-0.4, -0.2) is 14.8 Å². The van der Waals surface area contributed by atoms with Crippen molar-refractivity contribution >= 4 is 0 Å². The van der Waals surface area contributed by atoms with Crippen LogP contribution in [0.5, 0.6) is 0 Å². The fourth-order valence-corrected chi connectivity index (χ4v) is 1.91. The lowest BCUT2D eigenvalue weighted by atomic mass is 9.87. The first kappa shape index (κ1) is 11.2. The normalized spacial score (nSPS) is 26.5. The molecule has 2 rings (SSSR count). The van der Waals surface area contributed by atoms with Crippen molar-refractivity contribution in [2.45, 2.75) is 52.5 Å². The molecule has 1 saturated carbocycles. The number of aromatic nitrogens is 3. The SMILES string of the molecule is CC.CC1CCC(n2cncn2)CC1. The van der Waals surface area contributed by atoms with Crippen LogP contribution in [0.15, 0.2) is 12.7 Å². The molecule has 0 unspecified atom stereocenters. The molecule has 0 saturated heterocycles. The molecule has 0 bridgehead atoms. The van der Waals surface area contributed by atoms with Crippen molar-refractivity contribution in [1.82, 2.24) is 14.8 Å². The number of rotatable bonds is 1. The van der Waals surface area contributed by atoms with E-state index < -0.39 is 0 Å². The van der Waals surface area contributed by atoms with Gasteiger partial charge in [0.1, 0.15) is 12.7 Å². The molecule has 1 fully saturated rings. The van der Waals surface area contributed by atoms with Gasteiger partial charge in [0, 0.05) is 0 Å². The second kappa shape index (κ2) is 5.78. The van der Waals surface area contributed by atoms with Crippen molar-refractivity contribution in [1.29, 1.82) is 0 Å². The lowest BCUT2D eigenvalue weighted by molar-refractivity contribution is 0.273. The van der Waals surface area contributed by atoms with E-state index in [0.29, 0.717) is 6.04 Å². The van der Waals surface area contributed by atoms with Crippen molar-refractivity contribution in [2.24, 2.45) is 5.92 Å². The molecule has 0 amide bonds. The van der Waals surface area contributed by atoms with Gasteiger partial charge >= 0.3 is 0 Å². The van der Waals surface area contributed by atoms with Crippen LogP contribution < -0.4 is 0 Å². The zero-order valence-electron chi connectivity index (χ0n) is 9.48. The molecule has 3 heteroatoms. The maximum atomic E-state index is 4.17. The summed E-state index contributed by atoms with van der Waals surface area (Å²) < 4.78 is 2.01. The van der Waals surface area contributed by atoms with E-state index in [1.807, 2.05) is 24.9 Å². The first-order chi connectivity index (χ1) is 6.86. The maximum Gasteiger partial charge on any atom is 0.137 e. The Kier molecular flexibility index (Phi) is 4.63. The minimum Gasteiger partial charge on any atom is -0.250 e. The van der Waals surface area contributed by atoms with Gasteiger partial charge in [0.15, 0.2) is 0 Å². The van der Waals surface area contributed by atoms with E-state index in [0.717, 1.165) is 5.92 Å². The molecule has 0 aromatic carbocycles. The van der Waals surface area contributed by atoms with Gasteiger partial charge in [-0.15, -0.1) is 0 Å². The maximum absolute atomic E-state index is 4.17. The number of hydrogen-bond acceptors (Lipinski definition) is 2. The van der Waals surface area contributed by atoms with Crippen LogP contribution in [0.25, 0.3) is 0 Å². The van der Waals surface area contributed by atoms with E-state index in [-0.39, 0.29) is 0 Å². The first-order valence-corrected chi connectivity index (χ1v) is 5.70. The standard InChI is InChI=1S/C9H15N3.C2H6/c1-8-2-4-9(5-3-8)12-7-10-6-11-12;1-2/h6-9H,2-5H2,1H3;1-2H3. The Morgan fingerprint density at radius 3 is 2.29 bits per heavy atom. The highest BCUT2D eigenvalue weighted by Gasteiger charge is 2.19. The summed E-state index contributed by atoms with van der Waals surface area (Å²) in [5, 5.41) is 4.17. The highest BCUT2D eigenvalue weighted by atomic mass is 15.3. The summed E-state index contributed by atoms with van der Waals surface area (Å²) in [7, 11) is 0. The van der Waals surface area contributed by atoms with E-state index in [1.165, 1.54) is 25.7 Å². The van der Waals surface area contributed by atoms with Crippen LogP contribution in [0.3, 0.4) is 0 Å². The molecule has 14 heavy (non-hydrogen) atoms. The molecule has 0 spiro atoms. The largest absolute Gasteiger partial charge is 0.250 e. The van der Waals surface area contributed by atoms with Crippen LogP contribution in [0.4, 0.5) is 0 Å². The van der Waals surface area contributed by atoms with Crippen molar-refractivity contribution in [3.8, 4) is 0 Å². The van der Waals surface area contributed by atoms with E-state index in [1.54, 1.807) is 6.33 Å². The van der Waals surface area contributed by atoms with Gasteiger partial charge in [-0.3, -0.25) is 0 Å². The highest BCUT2D eigenvalue weighted by molar-refractivity contribution is 4.75. The zero-order valence-corrected chi connectivity index (χ0v) is 9.48. The van der Waals surface area contributed by atoms with Crippen LogP contribution in [0.1, 0.15) is 52.5 Å². The summed E-state index contributed by atoms with van der Waals surface area (Å²) in [6.07, 6.45) is 8.67. The Bertz CT molecular complexity index is 223. The summed E-state index contributed by atoms with van der Waals surface area (Å²) in [5.74, 6) is 0.907. The number of nitrogens with zero attached hydrogens (tertiary/aromatic N) is 3. The monoisotopic (exact) mass is 195 g/mol. The molecule has 0 N–H and O–H groups in total. The summed E-state index contributed by atoms with van der Waals surface area (Å²) in [5.41, 5.74) is 0. The highest BCUT2D eigenvalue weighted by Crippen LogP contribution is 2.30. The Morgan fingerprint density at radius 2 is 1.79 bits per heavy atom. The Morgan fingerprint density at radius 1 is 1.14 bits per heavy atom. The molecule has 0 aliphatic heterocycles. The Hall–Kier alpha value is -0.860. The van der Waals surface area contributed by atoms with E-state index in [4.69, 9.17) is 0 Å². The fourth-order valence-electron chi connectivity index (χ4n) is 1.91. The molecule has 1 aliphatic carbocycles. The van der Waals surface area contributed by atoms with E-state index >= 15 is 0 Å². The van der Waals surface area contributed by atoms with Crippen LogP contribution in [0, 0.1) is 5.92 Å². The average Bonchev–Trinajstić information content (AvgIpc) is 2.75. The van der Waals surface area contributed by atoms with Gasteiger partial charge in [0.05, 0.1) is 6.04 Å². The number of hydrogen-bond donors (Lipinski definition) is 0. The second-order valence-electron chi connectivity index (χ2n) is 3.79. The van der Waals surface area contributed by atoms with Crippen molar-refractivity contribution < 1.29 is 0 Å². The Balaban J connectivity index is 0.000000461. The molecular formula is C11H21N3. The lowest BCUT2D eigenvalue weighted by Gasteiger charge is -2.25. The van der Waals surface area contributed by atoms with Crippen molar-refractivity contribution in [3.63, 3.8) is 0 Å². The molecular weight excluding hydrogens is 174 g/mol. The molecule has 1 aromatic heterocycles. The molecule has 3 nitrogen and oxygen atoms in total. The summed E-state index contributed by atoms with van der Waals surface area (Å²) in [4.78, 5) is 3.97. The predicted octanol–water partition coefficient (Wildman–Crippen LogP) is 3.06. The predicted molar refractivity (Wildman–Crippen MR) is 58.0 cm³/mol. The summed E-state index contributed by atoms with van der Waals surface area (Å²) >= 11 is 0. The second-order valence-corrected chi connectivity index (χ2v) is 3.79. The van der Waals surface area contributed by atoms with E-state index in [2.05, 4.69) is 17.0 Å². The van der Waals surface area contributed by atoms with Crippen LogP contribution in [0.2, 0.25) is 0 Å². The topological polar surface area (TPSA) is 30.7 Å². The van der Waals surface area contributed by atoms with Crippen molar-refractivity contribution in [2.75, 3.05) is 0 Å². The van der Waals surface area contributed by atoms with Gasteiger partial charge < -0.3 is 0 Å². The summed E-state index contributed by atoms with van der Waals surface area (Å²) in [6.45, 7) is 6.33. The smallest absolute Gasteiger partial charge is 0.137 e. The van der Waals surface area contributed by atoms with Crippen LogP contribution >= 0.6 is 0 Å². The van der Waals surface area contributed by atoms with Gasteiger partial charge in [-0.1, -0.05) is 20.8 Å². The quantitative estimate of drug-likeness (QED) is 0.689. The lowest BCUT2D eigenvalue weighted by Crippen LogP contribution is -2.16. The average molecular weight is 195 g/mol. The minimum absolute atomic E-state index is 0.615. The molecule has 1 aromatic rings. The van der Waals surface area contributed by atoms with E-state index in [9.17, 15) is 0 Å². The van der Waals surface area contributed by atoms with Gasteiger partial charge in [-0.25, -0.2) is 9.67 Å². The van der Waals surface area contributed by atoms with Gasteiger partial charge in [-0.05, 0) is 31.6 Å². The molecule has 1 aliphatic rings. The minimum atomic E-state index is 0.615. The molecule has 0 radical (unpaired) electrons. The molecule has 1 heterocycles. The summed E-state index contributed by atoms with van der Waals surface area (Å²) in [6, 6.07) is 0.615. The third-order valence-corrected chi connectivity index (χ3v) is 2.80. The van der Waals surface area contributed by atoms with Gasteiger partial charge in [0.25, 0.3) is 0 Å². The van der Waals surface area contributed by atoms with Crippen molar-refractivity contribution in [3.05, 3.63) is 12.7 Å².